The molecule has 3 rings (SSSR count). The number of rotatable bonds is 4. The zero-order chi connectivity index (χ0) is 16.1. The Morgan fingerprint density at radius 3 is 2.65 bits per heavy atom. The monoisotopic (exact) mass is 323 g/mol. The number of amides is 1. The summed E-state index contributed by atoms with van der Waals surface area (Å²) in [6.45, 7) is 0.423. The second kappa shape index (κ2) is 7.03. The molecule has 0 aliphatic heterocycles. The highest BCUT2D eigenvalue weighted by Crippen LogP contribution is 2.16. The maximum atomic E-state index is 12.1. The van der Waals surface area contributed by atoms with Gasteiger partial charge in [0.25, 0.3) is 5.91 Å². The van der Waals surface area contributed by atoms with Crippen LogP contribution in [0, 0.1) is 0 Å². The summed E-state index contributed by atoms with van der Waals surface area (Å²) < 4.78 is 0. The van der Waals surface area contributed by atoms with E-state index >= 15 is 0 Å². The number of halogens is 1. The molecule has 0 bridgehead atoms. The Hall–Kier alpha value is -2.72. The normalized spacial score (nSPS) is 10.3. The molecule has 0 saturated carbocycles. The summed E-state index contributed by atoms with van der Waals surface area (Å²) >= 11 is 5.90. The maximum Gasteiger partial charge on any atom is 0.251 e. The maximum absolute atomic E-state index is 12.1. The van der Waals surface area contributed by atoms with Gasteiger partial charge in [-0.05, 0) is 48.0 Å². The molecule has 1 aromatic carbocycles. The van der Waals surface area contributed by atoms with E-state index < -0.39 is 0 Å². The Kier molecular flexibility index (Phi) is 4.64. The van der Waals surface area contributed by atoms with Crippen LogP contribution in [0.3, 0.4) is 0 Å². The third kappa shape index (κ3) is 3.93. The van der Waals surface area contributed by atoms with Gasteiger partial charge < -0.3 is 5.32 Å². The van der Waals surface area contributed by atoms with Crippen molar-refractivity contribution in [3.63, 3.8) is 0 Å². The number of hydrogen-bond acceptors (Lipinski definition) is 3. The first-order chi connectivity index (χ1) is 11.2. The van der Waals surface area contributed by atoms with Crippen LogP contribution in [-0.2, 0) is 6.54 Å². The lowest BCUT2D eigenvalue weighted by molar-refractivity contribution is 0.0951. The fourth-order valence-corrected chi connectivity index (χ4v) is 2.37. The van der Waals surface area contributed by atoms with Crippen LogP contribution in [-0.4, -0.2) is 15.9 Å². The van der Waals surface area contributed by atoms with Crippen LogP contribution in [0.5, 0.6) is 0 Å². The molecule has 23 heavy (non-hydrogen) atoms. The van der Waals surface area contributed by atoms with Crippen molar-refractivity contribution in [2.45, 2.75) is 6.54 Å². The molecule has 0 spiro atoms. The summed E-state index contributed by atoms with van der Waals surface area (Å²) in [5, 5.41) is 3.43. The van der Waals surface area contributed by atoms with Crippen molar-refractivity contribution in [2.24, 2.45) is 0 Å². The molecule has 4 nitrogen and oxygen atoms in total. The van der Waals surface area contributed by atoms with Crippen LogP contribution in [0.15, 0.2) is 67.1 Å². The predicted molar refractivity (Wildman–Crippen MR) is 90.1 cm³/mol. The third-order valence-electron chi connectivity index (χ3n) is 3.34. The summed E-state index contributed by atoms with van der Waals surface area (Å²) in [7, 11) is 0. The van der Waals surface area contributed by atoms with Crippen molar-refractivity contribution in [1.82, 2.24) is 15.3 Å². The van der Waals surface area contributed by atoms with Crippen molar-refractivity contribution in [1.29, 1.82) is 0 Å². The Morgan fingerprint density at radius 2 is 1.87 bits per heavy atom. The first kappa shape index (κ1) is 15.2. The third-order valence-corrected chi connectivity index (χ3v) is 3.58. The fraction of sp³-hybridized carbons (Fsp3) is 0.0556. The van der Waals surface area contributed by atoms with E-state index in [1.807, 2.05) is 24.3 Å². The molecule has 0 radical (unpaired) electrons. The minimum Gasteiger partial charge on any atom is -0.348 e. The second-order valence-electron chi connectivity index (χ2n) is 4.98. The molecule has 2 heterocycles. The van der Waals surface area contributed by atoms with Gasteiger partial charge in [0.2, 0.25) is 0 Å². The highest BCUT2D eigenvalue weighted by atomic mass is 35.5. The smallest absolute Gasteiger partial charge is 0.251 e. The number of nitrogens with zero attached hydrogens (tertiary/aromatic N) is 2. The lowest BCUT2D eigenvalue weighted by Gasteiger charge is -2.07. The van der Waals surface area contributed by atoms with Gasteiger partial charge in [-0.1, -0.05) is 17.7 Å². The zero-order valence-electron chi connectivity index (χ0n) is 12.2. The molecule has 0 saturated heterocycles. The molecule has 1 N–H and O–H groups in total. The standard InChI is InChI=1S/C18H14ClN3O/c19-16-3-1-2-15(11-16)18(23)22-12-13-4-9-21-17(10-13)14-5-7-20-8-6-14/h1-11H,12H2,(H,22,23). The van der Waals surface area contributed by atoms with Crippen LogP contribution in [0.1, 0.15) is 15.9 Å². The quantitative estimate of drug-likeness (QED) is 0.796. The molecular formula is C18H14ClN3O. The van der Waals surface area contributed by atoms with E-state index in [1.54, 1.807) is 42.9 Å². The Bertz CT molecular complexity index is 821. The van der Waals surface area contributed by atoms with Gasteiger partial charge in [0.15, 0.2) is 0 Å². The predicted octanol–water partition coefficient (Wildman–Crippen LogP) is 3.73. The van der Waals surface area contributed by atoms with Crippen molar-refractivity contribution in [3.05, 3.63) is 83.3 Å². The summed E-state index contributed by atoms with van der Waals surface area (Å²) in [5.74, 6) is -0.158. The van der Waals surface area contributed by atoms with E-state index in [0.717, 1.165) is 16.8 Å². The first-order valence-corrected chi connectivity index (χ1v) is 7.49. The largest absolute Gasteiger partial charge is 0.348 e. The summed E-state index contributed by atoms with van der Waals surface area (Å²) in [6.07, 6.45) is 5.19. The van der Waals surface area contributed by atoms with Crippen LogP contribution >= 0.6 is 11.6 Å². The van der Waals surface area contributed by atoms with Gasteiger partial charge in [-0.3, -0.25) is 14.8 Å². The number of carbonyl (C=O) groups is 1. The second-order valence-corrected chi connectivity index (χ2v) is 5.41. The van der Waals surface area contributed by atoms with Crippen molar-refractivity contribution in [2.75, 3.05) is 0 Å². The molecule has 0 aliphatic rings. The molecule has 114 valence electrons. The van der Waals surface area contributed by atoms with Gasteiger partial charge >= 0.3 is 0 Å². The summed E-state index contributed by atoms with van der Waals surface area (Å²) in [4.78, 5) is 20.5. The van der Waals surface area contributed by atoms with Crippen LogP contribution in [0.4, 0.5) is 0 Å². The number of carbonyl (C=O) groups excluding carboxylic acids is 1. The Balaban J connectivity index is 1.70. The van der Waals surface area contributed by atoms with E-state index in [0.29, 0.717) is 17.1 Å². The zero-order valence-corrected chi connectivity index (χ0v) is 13.0. The van der Waals surface area contributed by atoms with E-state index in [1.165, 1.54) is 0 Å². The molecule has 0 unspecified atom stereocenters. The fourth-order valence-electron chi connectivity index (χ4n) is 2.18. The molecule has 3 aromatic rings. The number of pyridine rings is 2. The lowest BCUT2D eigenvalue weighted by atomic mass is 10.1. The molecule has 0 aliphatic carbocycles. The van der Waals surface area contributed by atoms with Crippen molar-refractivity contribution >= 4 is 17.5 Å². The lowest BCUT2D eigenvalue weighted by Crippen LogP contribution is -2.22. The van der Waals surface area contributed by atoms with Crippen molar-refractivity contribution < 1.29 is 4.79 Å². The molecule has 2 aromatic heterocycles. The number of aromatic nitrogens is 2. The Labute approximate surface area is 139 Å². The summed E-state index contributed by atoms with van der Waals surface area (Å²) in [5.41, 5.74) is 3.35. The number of hydrogen-bond donors (Lipinski definition) is 1. The van der Waals surface area contributed by atoms with Gasteiger partial charge in [-0.15, -0.1) is 0 Å². The highest BCUT2D eigenvalue weighted by Gasteiger charge is 2.06. The molecule has 0 atom stereocenters. The van der Waals surface area contributed by atoms with Crippen LogP contribution in [0.25, 0.3) is 11.3 Å². The Morgan fingerprint density at radius 1 is 1.04 bits per heavy atom. The van der Waals surface area contributed by atoms with E-state index in [-0.39, 0.29) is 5.91 Å². The molecule has 5 heteroatoms. The first-order valence-electron chi connectivity index (χ1n) is 7.11. The average Bonchev–Trinajstić information content (AvgIpc) is 2.61. The van der Waals surface area contributed by atoms with Gasteiger partial charge in [0, 0.05) is 41.3 Å². The van der Waals surface area contributed by atoms with Crippen LogP contribution < -0.4 is 5.32 Å². The van der Waals surface area contributed by atoms with Gasteiger partial charge in [-0.2, -0.15) is 0 Å². The van der Waals surface area contributed by atoms with E-state index in [4.69, 9.17) is 11.6 Å². The minimum absolute atomic E-state index is 0.158. The van der Waals surface area contributed by atoms with E-state index in [9.17, 15) is 4.79 Å². The van der Waals surface area contributed by atoms with Gasteiger partial charge in [0.1, 0.15) is 0 Å². The average molecular weight is 324 g/mol. The highest BCUT2D eigenvalue weighted by molar-refractivity contribution is 6.30. The number of nitrogens with one attached hydrogen (secondary N) is 1. The van der Waals surface area contributed by atoms with Gasteiger partial charge in [0.05, 0.1) is 5.69 Å². The minimum atomic E-state index is -0.158. The topological polar surface area (TPSA) is 54.9 Å². The van der Waals surface area contributed by atoms with Gasteiger partial charge in [-0.25, -0.2) is 0 Å². The summed E-state index contributed by atoms with van der Waals surface area (Å²) in [6, 6.07) is 14.5. The molecule has 0 fully saturated rings. The molecular weight excluding hydrogens is 310 g/mol. The van der Waals surface area contributed by atoms with Crippen molar-refractivity contribution in [3.8, 4) is 11.3 Å². The SMILES string of the molecule is O=C(NCc1ccnc(-c2ccncc2)c1)c1cccc(Cl)c1. The number of benzene rings is 1. The van der Waals surface area contributed by atoms with E-state index in [2.05, 4.69) is 15.3 Å². The molecule has 1 amide bonds. The van der Waals surface area contributed by atoms with Crippen LogP contribution in [0.2, 0.25) is 5.02 Å².